The maximum Gasteiger partial charge on any atom is 0.343 e. The van der Waals surface area contributed by atoms with Crippen molar-refractivity contribution in [3.05, 3.63) is 88.2 Å². The molecule has 0 unspecified atom stereocenters. The molecule has 3 aromatic rings. The van der Waals surface area contributed by atoms with Crippen molar-refractivity contribution in [2.45, 2.75) is 65.2 Å². The predicted molar refractivity (Wildman–Crippen MR) is 139 cm³/mol. The minimum absolute atomic E-state index is 0.0652. The van der Waals surface area contributed by atoms with E-state index in [4.69, 9.17) is 4.74 Å². The Labute approximate surface area is 213 Å². The molecular formula is C31H31FN2O2. The quantitative estimate of drug-likeness (QED) is 0.158. The van der Waals surface area contributed by atoms with Crippen LogP contribution in [0.3, 0.4) is 0 Å². The highest BCUT2D eigenvalue weighted by atomic mass is 19.1. The van der Waals surface area contributed by atoms with Crippen molar-refractivity contribution in [2.24, 2.45) is 0 Å². The van der Waals surface area contributed by atoms with Crippen LogP contribution in [0.25, 0.3) is 11.1 Å². The molecule has 0 heterocycles. The highest BCUT2D eigenvalue weighted by molar-refractivity contribution is 5.92. The van der Waals surface area contributed by atoms with Gasteiger partial charge < -0.3 is 4.74 Å². The lowest BCUT2D eigenvalue weighted by atomic mass is 9.97. The summed E-state index contributed by atoms with van der Waals surface area (Å²) in [6.45, 7) is 4.21. The van der Waals surface area contributed by atoms with Crippen LogP contribution in [0, 0.1) is 28.5 Å². The number of hydrogen-bond acceptors (Lipinski definition) is 4. The first-order valence-electron chi connectivity index (χ1n) is 12.6. The fourth-order valence-electron chi connectivity index (χ4n) is 4.26. The van der Waals surface area contributed by atoms with Crippen molar-refractivity contribution >= 4 is 5.97 Å². The van der Waals surface area contributed by atoms with Crippen LogP contribution in [-0.4, -0.2) is 5.97 Å². The zero-order valence-corrected chi connectivity index (χ0v) is 20.9. The van der Waals surface area contributed by atoms with Gasteiger partial charge in [0.2, 0.25) is 0 Å². The number of rotatable bonds is 11. The third-order valence-corrected chi connectivity index (χ3v) is 6.23. The maximum absolute atomic E-state index is 14.6. The first-order valence-corrected chi connectivity index (χ1v) is 12.6. The number of halogens is 1. The van der Waals surface area contributed by atoms with Gasteiger partial charge in [0.1, 0.15) is 29.3 Å². The van der Waals surface area contributed by atoms with Gasteiger partial charge in [-0.3, -0.25) is 0 Å². The minimum Gasteiger partial charge on any atom is -0.421 e. The highest BCUT2D eigenvalue weighted by Crippen LogP contribution is 2.28. The number of carbonyl (C=O) groups excluding carboxylic acids is 1. The van der Waals surface area contributed by atoms with E-state index in [0.29, 0.717) is 17.5 Å². The number of hydrogen-bond donors (Lipinski definition) is 0. The number of benzene rings is 3. The molecule has 3 rings (SSSR count). The van der Waals surface area contributed by atoms with Crippen molar-refractivity contribution in [3.63, 3.8) is 0 Å². The third-order valence-electron chi connectivity index (χ3n) is 6.23. The van der Waals surface area contributed by atoms with E-state index in [1.165, 1.54) is 6.42 Å². The van der Waals surface area contributed by atoms with Crippen LogP contribution >= 0.6 is 0 Å². The van der Waals surface area contributed by atoms with E-state index in [1.807, 2.05) is 19.1 Å². The standard InChI is InChI=1S/C31H31FN2O2/c1-3-5-6-7-8-10-23-16-18-30(28(21-34)27(23)20-33)36-31(35)25-14-12-24(13-15-25)26-17-11-22(9-4-2)19-29(26)32/h11-19H,3-10H2,1-2H3. The van der Waals surface area contributed by atoms with Crippen LogP contribution in [0.2, 0.25) is 0 Å². The van der Waals surface area contributed by atoms with E-state index in [9.17, 15) is 19.7 Å². The fraction of sp³-hybridized carbons (Fsp3) is 0.323. The van der Waals surface area contributed by atoms with Gasteiger partial charge in [-0.05, 0) is 60.2 Å². The normalized spacial score (nSPS) is 10.5. The predicted octanol–water partition coefficient (Wildman–Crippen LogP) is 7.92. The fourth-order valence-corrected chi connectivity index (χ4v) is 4.26. The van der Waals surface area contributed by atoms with Gasteiger partial charge in [0, 0.05) is 5.56 Å². The van der Waals surface area contributed by atoms with E-state index in [0.717, 1.165) is 49.7 Å². The molecule has 0 aromatic heterocycles. The molecule has 4 nitrogen and oxygen atoms in total. The molecule has 0 aliphatic heterocycles. The lowest BCUT2D eigenvalue weighted by Crippen LogP contribution is -2.10. The average molecular weight is 483 g/mol. The number of carbonyl (C=O) groups is 1. The molecule has 0 amide bonds. The number of aryl methyl sites for hydroxylation is 2. The van der Waals surface area contributed by atoms with Crippen molar-refractivity contribution in [2.75, 3.05) is 0 Å². The topological polar surface area (TPSA) is 73.9 Å². The Balaban J connectivity index is 1.74. The van der Waals surface area contributed by atoms with Gasteiger partial charge in [-0.25, -0.2) is 9.18 Å². The van der Waals surface area contributed by atoms with E-state index < -0.39 is 5.97 Å². The first kappa shape index (κ1) is 26.6. The molecule has 0 fully saturated rings. The summed E-state index contributed by atoms with van der Waals surface area (Å²) >= 11 is 0. The largest absolute Gasteiger partial charge is 0.421 e. The molecular weight excluding hydrogens is 451 g/mol. The van der Waals surface area contributed by atoms with Crippen LogP contribution in [0.15, 0.2) is 54.6 Å². The molecule has 0 bridgehead atoms. The Morgan fingerprint density at radius 2 is 1.56 bits per heavy atom. The van der Waals surface area contributed by atoms with E-state index in [-0.39, 0.29) is 28.3 Å². The van der Waals surface area contributed by atoms with Crippen molar-refractivity contribution in [1.29, 1.82) is 10.5 Å². The van der Waals surface area contributed by atoms with Gasteiger partial charge in [0.15, 0.2) is 0 Å². The van der Waals surface area contributed by atoms with Gasteiger partial charge in [-0.15, -0.1) is 0 Å². The van der Waals surface area contributed by atoms with Crippen LogP contribution in [0.1, 0.15) is 85.0 Å². The van der Waals surface area contributed by atoms with Crippen molar-refractivity contribution in [3.8, 4) is 29.0 Å². The van der Waals surface area contributed by atoms with Crippen LogP contribution < -0.4 is 4.74 Å². The number of esters is 1. The molecule has 0 radical (unpaired) electrons. The summed E-state index contributed by atoms with van der Waals surface area (Å²) in [5, 5.41) is 19.4. The number of unbranched alkanes of at least 4 members (excludes halogenated alkanes) is 4. The Morgan fingerprint density at radius 1 is 0.833 bits per heavy atom. The zero-order chi connectivity index (χ0) is 25.9. The van der Waals surface area contributed by atoms with Crippen LogP contribution in [-0.2, 0) is 12.8 Å². The van der Waals surface area contributed by atoms with Gasteiger partial charge in [0.25, 0.3) is 0 Å². The molecule has 36 heavy (non-hydrogen) atoms. The van der Waals surface area contributed by atoms with Crippen LogP contribution in [0.5, 0.6) is 5.75 Å². The van der Waals surface area contributed by atoms with Gasteiger partial charge >= 0.3 is 5.97 Å². The zero-order valence-electron chi connectivity index (χ0n) is 20.9. The lowest BCUT2D eigenvalue weighted by molar-refractivity contribution is 0.0734. The number of ether oxygens (including phenoxy) is 1. The second kappa shape index (κ2) is 13.2. The Morgan fingerprint density at radius 3 is 2.19 bits per heavy atom. The molecule has 0 aliphatic carbocycles. The summed E-state index contributed by atoms with van der Waals surface area (Å²) in [5.41, 5.74) is 3.46. The molecule has 0 spiro atoms. The molecule has 5 heteroatoms. The SMILES string of the molecule is CCCCCCCc1ccc(OC(=O)c2ccc(-c3ccc(CCC)cc3F)cc2)c(C#N)c1C#N. The summed E-state index contributed by atoms with van der Waals surface area (Å²) in [5.74, 6) is -0.882. The molecule has 3 aromatic carbocycles. The summed E-state index contributed by atoms with van der Waals surface area (Å²) in [6.07, 6.45) is 7.97. The van der Waals surface area contributed by atoms with Gasteiger partial charge in [-0.2, -0.15) is 10.5 Å². The third kappa shape index (κ3) is 6.58. The Bertz CT molecular complexity index is 1280. The summed E-state index contributed by atoms with van der Waals surface area (Å²) in [7, 11) is 0. The Hall–Kier alpha value is -3.96. The summed E-state index contributed by atoms with van der Waals surface area (Å²) < 4.78 is 20.1. The first-order chi connectivity index (χ1) is 17.5. The van der Waals surface area contributed by atoms with E-state index in [2.05, 4.69) is 13.0 Å². The minimum atomic E-state index is -0.645. The second-order valence-electron chi connectivity index (χ2n) is 8.89. The Kier molecular flexibility index (Phi) is 9.78. The lowest BCUT2D eigenvalue weighted by Gasteiger charge is -2.11. The molecule has 0 saturated carbocycles. The molecule has 0 aliphatic rings. The average Bonchev–Trinajstić information content (AvgIpc) is 2.89. The van der Waals surface area contributed by atoms with E-state index >= 15 is 0 Å². The van der Waals surface area contributed by atoms with Crippen molar-refractivity contribution < 1.29 is 13.9 Å². The molecule has 0 N–H and O–H groups in total. The monoisotopic (exact) mass is 482 g/mol. The highest BCUT2D eigenvalue weighted by Gasteiger charge is 2.18. The molecule has 0 atom stereocenters. The molecule has 0 saturated heterocycles. The van der Waals surface area contributed by atoms with Gasteiger partial charge in [-0.1, -0.05) is 76.3 Å². The summed E-state index contributed by atoms with van der Waals surface area (Å²) in [4.78, 5) is 12.8. The molecule has 184 valence electrons. The number of nitrogens with zero attached hydrogens (tertiary/aromatic N) is 2. The smallest absolute Gasteiger partial charge is 0.343 e. The number of nitriles is 2. The summed E-state index contributed by atoms with van der Waals surface area (Å²) in [6, 6.07) is 19.2. The van der Waals surface area contributed by atoms with Crippen LogP contribution in [0.4, 0.5) is 4.39 Å². The van der Waals surface area contributed by atoms with Crippen molar-refractivity contribution in [1.82, 2.24) is 0 Å². The van der Waals surface area contributed by atoms with Gasteiger partial charge in [0.05, 0.1) is 11.1 Å². The maximum atomic E-state index is 14.6. The second-order valence-corrected chi connectivity index (χ2v) is 8.89. The van der Waals surface area contributed by atoms with E-state index in [1.54, 1.807) is 48.5 Å².